The Morgan fingerprint density at radius 3 is 2.85 bits per heavy atom. The average molecular weight is 324 g/mol. The van der Waals surface area contributed by atoms with Crippen LogP contribution in [0.4, 0.5) is 5.69 Å². The largest absolute Gasteiger partial charge is 0.399 e. The first kappa shape index (κ1) is 13.5. The predicted molar refractivity (Wildman–Crippen MR) is 84.1 cm³/mol. The average Bonchev–Trinajstić information content (AvgIpc) is 3.05. The molecule has 0 unspecified atom stereocenters. The third kappa shape index (κ3) is 2.70. The highest BCUT2D eigenvalue weighted by Crippen LogP contribution is 2.28. The Labute approximate surface area is 124 Å². The van der Waals surface area contributed by atoms with Crippen molar-refractivity contribution in [1.29, 1.82) is 0 Å². The number of nitrogens with two attached hydrogens (primary N) is 1. The number of sulfone groups is 1. The van der Waals surface area contributed by atoms with E-state index in [2.05, 4.69) is 4.98 Å². The number of thiazole rings is 1. The third-order valence-corrected chi connectivity index (χ3v) is 6.98. The van der Waals surface area contributed by atoms with Crippen LogP contribution in [0.15, 0.2) is 40.1 Å². The summed E-state index contributed by atoms with van der Waals surface area (Å²) in [4.78, 5) is 5.27. The van der Waals surface area contributed by atoms with E-state index in [1.165, 1.54) is 11.3 Å². The minimum absolute atomic E-state index is 0.0861. The first-order valence-electron chi connectivity index (χ1n) is 5.96. The fourth-order valence-corrected chi connectivity index (χ4v) is 5.34. The number of benzene rings is 1. The molecule has 0 amide bonds. The number of aromatic nitrogens is 1. The second-order valence-electron chi connectivity index (χ2n) is 4.36. The van der Waals surface area contributed by atoms with Crippen molar-refractivity contribution < 1.29 is 8.42 Å². The van der Waals surface area contributed by atoms with Crippen LogP contribution in [0.2, 0.25) is 0 Å². The molecular formula is C13H12N2O2S3. The normalized spacial score (nSPS) is 12.0. The maximum Gasteiger partial charge on any atom is 0.210 e. The van der Waals surface area contributed by atoms with Gasteiger partial charge in [-0.2, -0.15) is 0 Å². The van der Waals surface area contributed by atoms with Crippen LogP contribution in [0, 0.1) is 0 Å². The lowest BCUT2D eigenvalue weighted by Gasteiger charge is -1.98. The number of anilines is 1. The molecule has 0 radical (unpaired) electrons. The lowest BCUT2D eigenvalue weighted by atomic mass is 10.3. The number of hydrogen-bond acceptors (Lipinski definition) is 6. The summed E-state index contributed by atoms with van der Waals surface area (Å²) in [6.07, 6.45) is 0.526. The highest BCUT2D eigenvalue weighted by molar-refractivity contribution is 7.93. The minimum Gasteiger partial charge on any atom is -0.399 e. The van der Waals surface area contributed by atoms with Crippen molar-refractivity contribution in [2.24, 2.45) is 0 Å². The van der Waals surface area contributed by atoms with E-state index in [0.717, 1.165) is 9.58 Å². The van der Waals surface area contributed by atoms with Crippen molar-refractivity contribution in [3.8, 4) is 0 Å². The van der Waals surface area contributed by atoms with E-state index in [4.69, 9.17) is 5.73 Å². The molecule has 0 spiro atoms. The number of aryl methyl sites for hydroxylation is 1. The molecule has 4 nitrogen and oxygen atoms in total. The zero-order chi connectivity index (χ0) is 14.2. The van der Waals surface area contributed by atoms with Crippen LogP contribution >= 0.6 is 22.7 Å². The van der Waals surface area contributed by atoms with E-state index in [9.17, 15) is 8.42 Å². The van der Waals surface area contributed by atoms with Crippen LogP contribution in [-0.2, 0) is 16.3 Å². The molecule has 104 valence electrons. The monoisotopic (exact) mass is 324 g/mol. The standard InChI is InChI=1S/C13H12N2O2S3/c14-9-3-4-11-12(8-9)19-13(15-11)20(16,17)7-5-10-2-1-6-18-10/h1-4,6,8H,5,7,14H2. The number of hydrogen-bond donors (Lipinski definition) is 1. The third-order valence-electron chi connectivity index (χ3n) is 2.86. The molecule has 0 aliphatic heterocycles. The number of nitrogens with zero attached hydrogens (tertiary/aromatic N) is 1. The Morgan fingerprint density at radius 1 is 1.25 bits per heavy atom. The van der Waals surface area contributed by atoms with Gasteiger partial charge >= 0.3 is 0 Å². The SMILES string of the molecule is Nc1ccc2nc(S(=O)(=O)CCc3cccs3)sc2c1. The molecule has 2 aromatic heterocycles. The van der Waals surface area contributed by atoms with Gasteiger partial charge in [0.05, 0.1) is 16.0 Å². The van der Waals surface area contributed by atoms with E-state index >= 15 is 0 Å². The molecule has 0 saturated carbocycles. The van der Waals surface area contributed by atoms with E-state index in [1.807, 2.05) is 17.5 Å². The minimum atomic E-state index is -3.34. The van der Waals surface area contributed by atoms with Crippen molar-refractivity contribution in [2.75, 3.05) is 11.5 Å². The van der Waals surface area contributed by atoms with E-state index < -0.39 is 9.84 Å². The smallest absolute Gasteiger partial charge is 0.210 e. The van der Waals surface area contributed by atoms with Crippen molar-refractivity contribution in [3.63, 3.8) is 0 Å². The molecule has 1 aromatic carbocycles. The van der Waals surface area contributed by atoms with Gasteiger partial charge in [0, 0.05) is 10.6 Å². The van der Waals surface area contributed by atoms with Crippen LogP contribution in [0.25, 0.3) is 10.2 Å². The first-order valence-corrected chi connectivity index (χ1v) is 9.31. The summed E-state index contributed by atoms with van der Waals surface area (Å²) in [6.45, 7) is 0. The van der Waals surface area contributed by atoms with Crippen molar-refractivity contribution >= 4 is 48.4 Å². The molecule has 0 aliphatic rings. The van der Waals surface area contributed by atoms with Crippen molar-refractivity contribution in [2.45, 2.75) is 10.8 Å². The molecule has 0 bridgehead atoms. The first-order chi connectivity index (χ1) is 9.54. The van der Waals surface area contributed by atoms with E-state index in [0.29, 0.717) is 17.6 Å². The quantitative estimate of drug-likeness (QED) is 0.749. The number of thiophene rings is 1. The van der Waals surface area contributed by atoms with Gasteiger partial charge < -0.3 is 5.73 Å². The summed E-state index contributed by atoms with van der Waals surface area (Å²) < 4.78 is 25.6. The maximum atomic E-state index is 12.3. The van der Waals surface area contributed by atoms with Gasteiger partial charge in [0.2, 0.25) is 14.2 Å². The van der Waals surface area contributed by atoms with Gasteiger partial charge in [-0.3, -0.25) is 0 Å². The topological polar surface area (TPSA) is 73.0 Å². The number of nitrogen functional groups attached to an aromatic ring is 1. The Bertz CT molecular complexity index is 836. The Balaban J connectivity index is 1.88. The fraction of sp³-hybridized carbons (Fsp3) is 0.154. The number of fused-ring (bicyclic) bond motifs is 1. The van der Waals surface area contributed by atoms with E-state index in [1.54, 1.807) is 29.5 Å². The molecular weight excluding hydrogens is 312 g/mol. The van der Waals surface area contributed by atoms with E-state index in [-0.39, 0.29) is 10.1 Å². The summed E-state index contributed by atoms with van der Waals surface area (Å²) in [5.41, 5.74) is 6.99. The van der Waals surface area contributed by atoms with Crippen LogP contribution in [-0.4, -0.2) is 19.2 Å². The highest BCUT2D eigenvalue weighted by atomic mass is 32.2. The lowest BCUT2D eigenvalue weighted by molar-refractivity contribution is 0.595. The highest BCUT2D eigenvalue weighted by Gasteiger charge is 2.19. The molecule has 2 heterocycles. The van der Waals surface area contributed by atoms with Gasteiger partial charge in [-0.1, -0.05) is 6.07 Å². The van der Waals surface area contributed by atoms with Crippen LogP contribution in [0.1, 0.15) is 4.88 Å². The Kier molecular flexibility index (Phi) is 3.49. The summed E-state index contributed by atoms with van der Waals surface area (Å²) in [5.74, 6) is 0.0861. The van der Waals surface area contributed by atoms with Gasteiger partial charge in [0.1, 0.15) is 0 Å². The second-order valence-corrected chi connectivity index (χ2v) is 8.70. The number of rotatable bonds is 4. The van der Waals surface area contributed by atoms with Crippen LogP contribution in [0.3, 0.4) is 0 Å². The predicted octanol–water partition coefficient (Wildman–Crippen LogP) is 2.96. The molecule has 0 fully saturated rings. The van der Waals surface area contributed by atoms with Crippen LogP contribution < -0.4 is 5.73 Å². The summed E-state index contributed by atoms with van der Waals surface area (Å²) >= 11 is 2.75. The van der Waals surface area contributed by atoms with Gasteiger partial charge in [0.25, 0.3) is 0 Å². The summed E-state index contributed by atoms with van der Waals surface area (Å²) in [7, 11) is -3.34. The van der Waals surface area contributed by atoms with Gasteiger partial charge in [0.15, 0.2) is 0 Å². The molecule has 0 saturated heterocycles. The maximum absolute atomic E-state index is 12.3. The van der Waals surface area contributed by atoms with Crippen molar-refractivity contribution in [1.82, 2.24) is 4.98 Å². The molecule has 7 heteroatoms. The Hall–Kier alpha value is -1.44. The zero-order valence-electron chi connectivity index (χ0n) is 10.4. The fourth-order valence-electron chi connectivity index (χ4n) is 1.83. The molecule has 0 atom stereocenters. The van der Waals surface area contributed by atoms with Gasteiger partial charge in [-0.15, -0.1) is 22.7 Å². The second kappa shape index (κ2) is 5.16. The molecule has 3 aromatic rings. The molecule has 20 heavy (non-hydrogen) atoms. The summed E-state index contributed by atoms with van der Waals surface area (Å²) in [5, 5.41) is 1.95. The summed E-state index contributed by atoms with van der Waals surface area (Å²) in [6, 6.07) is 9.10. The van der Waals surface area contributed by atoms with Crippen LogP contribution in [0.5, 0.6) is 0 Å². The molecule has 0 aliphatic carbocycles. The van der Waals surface area contributed by atoms with Gasteiger partial charge in [-0.05, 0) is 36.1 Å². The molecule has 3 rings (SSSR count). The van der Waals surface area contributed by atoms with Gasteiger partial charge in [-0.25, -0.2) is 13.4 Å². The zero-order valence-corrected chi connectivity index (χ0v) is 12.9. The Morgan fingerprint density at radius 2 is 2.10 bits per heavy atom. The lowest BCUT2D eigenvalue weighted by Crippen LogP contribution is -2.08. The van der Waals surface area contributed by atoms with Crippen molar-refractivity contribution in [3.05, 3.63) is 40.6 Å². The molecule has 2 N–H and O–H groups in total.